The van der Waals surface area contributed by atoms with Crippen LogP contribution in [0.5, 0.6) is 0 Å². The molecule has 1 atom stereocenters. The molecule has 1 fully saturated rings. The molecule has 138 valence electrons. The van der Waals surface area contributed by atoms with E-state index in [9.17, 15) is 10.1 Å². The van der Waals surface area contributed by atoms with Crippen molar-refractivity contribution in [1.82, 2.24) is 14.9 Å². The van der Waals surface area contributed by atoms with Gasteiger partial charge in [0.1, 0.15) is 5.82 Å². The van der Waals surface area contributed by atoms with Crippen LogP contribution in [0.25, 0.3) is 0 Å². The number of aromatic nitrogens is 2. The predicted molar refractivity (Wildman–Crippen MR) is 102 cm³/mol. The van der Waals surface area contributed by atoms with Gasteiger partial charge in [-0.2, -0.15) is 0 Å². The van der Waals surface area contributed by atoms with Crippen molar-refractivity contribution < 1.29 is 4.92 Å². The number of piperazine rings is 1. The molecule has 0 aliphatic carbocycles. The van der Waals surface area contributed by atoms with E-state index >= 15 is 0 Å². The van der Waals surface area contributed by atoms with Gasteiger partial charge in [0.25, 0.3) is 0 Å². The van der Waals surface area contributed by atoms with Crippen LogP contribution in [0.1, 0.15) is 12.5 Å². The molecule has 26 heavy (non-hydrogen) atoms. The van der Waals surface area contributed by atoms with Crippen molar-refractivity contribution in [2.75, 3.05) is 42.9 Å². The van der Waals surface area contributed by atoms with E-state index in [1.165, 1.54) is 0 Å². The van der Waals surface area contributed by atoms with E-state index in [-0.39, 0.29) is 16.7 Å². The average Bonchev–Trinajstić information content (AvgIpc) is 2.63. The lowest BCUT2D eigenvalue weighted by Crippen LogP contribution is -2.49. The molecule has 1 aliphatic heterocycles. The Balaban J connectivity index is 1.55. The summed E-state index contributed by atoms with van der Waals surface area (Å²) in [6, 6.07) is 7.67. The molecular formula is C18H24N6O2. The predicted octanol–water partition coefficient (Wildman–Crippen LogP) is 2.32. The number of nitrogens with one attached hydrogen (secondary N) is 1. The van der Waals surface area contributed by atoms with Gasteiger partial charge in [0.2, 0.25) is 5.82 Å². The molecule has 0 bridgehead atoms. The van der Waals surface area contributed by atoms with Crippen molar-refractivity contribution in [3.63, 3.8) is 0 Å². The minimum Gasteiger partial charge on any atom is -0.361 e. The third-order valence-electron chi connectivity index (χ3n) is 4.57. The number of nitro groups is 1. The van der Waals surface area contributed by atoms with Gasteiger partial charge in [0.15, 0.2) is 0 Å². The normalized spacial score (nSPS) is 16.3. The van der Waals surface area contributed by atoms with Gasteiger partial charge in [-0.1, -0.05) is 6.07 Å². The molecule has 0 spiro atoms. The zero-order chi connectivity index (χ0) is 18.5. The molecule has 1 unspecified atom stereocenters. The molecule has 1 aliphatic rings. The van der Waals surface area contributed by atoms with Crippen molar-refractivity contribution in [3.05, 3.63) is 52.3 Å². The van der Waals surface area contributed by atoms with Crippen LogP contribution in [-0.4, -0.2) is 58.6 Å². The molecule has 1 saturated heterocycles. The molecular weight excluding hydrogens is 332 g/mol. The van der Waals surface area contributed by atoms with Gasteiger partial charge in [0.05, 0.1) is 4.92 Å². The van der Waals surface area contributed by atoms with E-state index in [0.717, 1.165) is 38.5 Å². The number of nitrogens with zero attached hydrogens (tertiary/aromatic N) is 5. The molecule has 3 rings (SSSR count). The Kier molecular flexibility index (Phi) is 5.62. The second kappa shape index (κ2) is 8.09. The minimum atomic E-state index is -0.372. The van der Waals surface area contributed by atoms with Gasteiger partial charge < -0.3 is 10.2 Å². The molecule has 0 amide bonds. The average molecular weight is 356 g/mol. The standard InChI is InChI=1S/C18H24N6O2/c1-14-6-8-20-18(17(14)24(25)26)21-15(2)13-22-9-11-23(12-10-22)16-5-3-4-7-19-16/h3-8,15H,9-13H2,1-2H3,(H,20,21). The minimum absolute atomic E-state index is 0.0549. The van der Waals surface area contributed by atoms with Crippen LogP contribution in [0.15, 0.2) is 36.7 Å². The molecule has 8 nitrogen and oxygen atoms in total. The summed E-state index contributed by atoms with van der Waals surface area (Å²) in [6.07, 6.45) is 3.42. The van der Waals surface area contributed by atoms with Crippen LogP contribution in [0.2, 0.25) is 0 Å². The molecule has 8 heteroatoms. The van der Waals surface area contributed by atoms with Gasteiger partial charge in [-0.25, -0.2) is 9.97 Å². The summed E-state index contributed by atoms with van der Waals surface area (Å²) in [5.41, 5.74) is 0.669. The lowest BCUT2D eigenvalue weighted by atomic mass is 10.2. The van der Waals surface area contributed by atoms with E-state index in [4.69, 9.17) is 0 Å². The van der Waals surface area contributed by atoms with Crippen molar-refractivity contribution in [2.24, 2.45) is 0 Å². The highest BCUT2D eigenvalue weighted by molar-refractivity contribution is 5.60. The fraction of sp³-hybridized carbons (Fsp3) is 0.444. The lowest BCUT2D eigenvalue weighted by molar-refractivity contribution is -0.384. The zero-order valence-electron chi connectivity index (χ0n) is 15.1. The quantitative estimate of drug-likeness (QED) is 0.628. The second-order valence-electron chi connectivity index (χ2n) is 6.60. The van der Waals surface area contributed by atoms with Crippen LogP contribution in [-0.2, 0) is 0 Å². The number of anilines is 2. The molecule has 0 saturated carbocycles. The highest BCUT2D eigenvalue weighted by atomic mass is 16.6. The maximum absolute atomic E-state index is 11.3. The first kappa shape index (κ1) is 18.1. The Morgan fingerprint density at radius 2 is 1.96 bits per heavy atom. The van der Waals surface area contributed by atoms with Gasteiger partial charge in [-0.15, -0.1) is 0 Å². The fourth-order valence-electron chi connectivity index (χ4n) is 3.25. The van der Waals surface area contributed by atoms with Crippen LogP contribution in [0.3, 0.4) is 0 Å². The molecule has 2 aromatic rings. The van der Waals surface area contributed by atoms with Crippen LogP contribution in [0, 0.1) is 17.0 Å². The van der Waals surface area contributed by atoms with Gasteiger partial charge in [-0.05, 0) is 32.0 Å². The van der Waals surface area contributed by atoms with Crippen molar-refractivity contribution >= 4 is 17.3 Å². The lowest BCUT2D eigenvalue weighted by Gasteiger charge is -2.36. The maximum atomic E-state index is 11.3. The topological polar surface area (TPSA) is 87.4 Å². The van der Waals surface area contributed by atoms with Crippen molar-refractivity contribution in [1.29, 1.82) is 0 Å². The Morgan fingerprint density at radius 3 is 2.62 bits per heavy atom. The van der Waals surface area contributed by atoms with E-state index in [2.05, 4.69) is 25.1 Å². The smallest absolute Gasteiger partial charge is 0.314 e. The SMILES string of the molecule is Cc1ccnc(NC(C)CN2CCN(c3ccccn3)CC2)c1[N+](=O)[O-]. The Morgan fingerprint density at radius 1 is 1.19 bits per heavy atom. The van der Waals surface area contributed by atoms with E-state index in [0.29, 0.717) is 11.4 Å². The first-order valence-electron chi connectivity index (χ1n) is 8.79. The van der Waals surface area contributed by atoms with Gasteiger partial charge in [-0.3, -0.25) is 15.0 Å². The second-order valence-corrected chi connectivity index (χ2v) is 6.60. The highest BCUT2D eigenvalue weighted by Gasteiger charge is 2.22. The number of pyridine rings is 2. The van der Waals surface area contributed by atoms with Gasteiger partial charge >= 0.3 is 5.69 Å². The van der Waals surface area contributed by atoms with E-state index in [1.807, 2.05) is 31.3 Å². The summed E-state index contributed by atoms with van der Waals surface area (Å²) in [7, 11) is 0. The molecule has 0 aromatic carbocycles. The van der Waals surface area contributed by atoms with Crippen LogP contribution in [0.4, 0.5) is 17.3 Å². The molecule has 0 radical (unpaired) electrons. The van der Waals surface area contributed by atoms with Crippen LogP contribution < -0.4 is 10.2 Å². The Hall–Kier alpha value is -2.74. The third kappa shape index (κ3) is 4.26. The van der Waals surface area contributed by atoms with Gasteiger partial charge in [0, 0.05) is 56.7 Å². The first-order chi connectivity index (χ1) is 12.5. The molecule has 2 aromatic heterocycles. The summed E-state index contributed by atoms with van der Waals surface area (Å²) in [5.74, 6) is 1.35. The summed E-state index contributed by atoms with van der Waals surface area (Å²) in [6.45, 7) is 8.28. The van der Waals surface area contributed by atoms with E-state index in [1.54, 1.807) is 19.2 Å². The number of hydrogen-bond acceptors (Lipinski definition) is 7. The summed E-state index contributed by atoms with van der Waals surface area (Å²) >= 11 is 0. The highest BCUT2D eigenvalue weighted by Crippen LogP contribution is 2.26. The Labute approximate surface area is 153 Å². The third-order valence-corrected chi connectivity index (χ3v) is 4.57. The van der Waals surface area contributed by atoms with Crippen molar-refractivity contribution in [3.8, 4) is 0 Å². The molecule has 1 N–H and O–H groups in total. The van der Waals surface area contributed by atoms with Crippen LogP contribution >= 0.6 is 0 Å². The summed E-state index contributed by atoms with van der Waals surface area (Å²) < 4.78 is 0. The number of rotatable bonds is 6. The number of hydrogen-bond donors (Lipinski definition) is 1. The summed E-state index contributed by atoms with van der Waals surface area (Å²) in [4.78, 5) is 24.1. The largest absolute Gasteiger partial charge is 0.361 e. The number of aryl methyl sites for hydroxylation is 1. The Bertz CT molecular complexity index is 747. The maximum Gasteiger partial charge on any atom is 0.314 e. The summed E-state index contributed by atoms with van der Waals surface area (Å²) in [5, 5.41) is 14.5. The first-order valence-corrected chi connectivity index (χ1v) is 8.79. The van der Waals surface area contributed by atoms with E-state index < -0.39 is 0 Å². The fourth-order valence-corrected chi connectivity index (χ4v) is 3.25. The molecule has 3 heterocycles. The monoisotopic (exact) mass is 356 g/mol. The van der Waals surface area contributed by atoms with Crippen molar-refractivity contribution in [2.45, 2.75) is 19.9 Å². The zero-order valence-corrected chi connectivity index (χ0v) is 15.1.